The largest absolute Gasteiger partial charge is 0.336 e. The lowest BCUT2D eigenvalue weighted by Crippen LogP contribution is -2.17. The molecule has 0 saturated carbocycles. The van der Waals surface area contributed by atoms with Crippen LogP contribution in [0.15, 0.2) is 23.4 Å². The van der Waals surface area contributed by atoms with Gasteiger partial charge < -0.3 is 11.2 Å². The van der Waals surface area contributed by atoms with Crippen molar-refractivity contribution in [2.45, 2.75) is 31.3 Å². The number of nitrogen functional groups attached to an aromatic ring is 1. The molecule has 0 aliphatic heterocycles. The number of hydrogen-bond donors (Lipinski definition) is 2. The predicted molar refractivity (Wildman–Crippen MR) is 94.6 cm³/mol. The lowest BCUT2D eigenvalue weighted by atomic mass is 10.2. The first kappa shape index (κ1) is 17.9. The first-order chi connectivity index (χ1) is 11.0. The maximum absolute atomic E-state index is 12.0. The Hall–Kier alpha value is -1.44. The fourth-order valence-corrected chi connectivity index (χ4v) is 3.07. The summed E-state index contributed by atoms with van der Waals surface area (Å²) in [5.41, 5.74) is 0.547. The van der Waals surface area contributed by atoms with E-state index in [1.54, 1.807) is 18.2 Å². The number of benzene rings is 1. The highest BCUT2D eigenvalue weighted by Gasteiger charge is 2.12. The van der Waals surface area contributed by atoms with Crippen molar-refractivity contribution in [3.8, 4) is 0 Å². The van der Waals surface area contributed by atoms with E-state index in [0.29, 0.717) is 20.9 Å². The van der Waals surface area contributed by atoms with Crippen molar-refractivity contribution in [2.75, 3.05) is 16.9 Å². The number of unbranched alkanes of at least 4 members (excludes halogenated alkanes) is 1. The van der Waals surface area contributed by atoms with E-state index in [9.17, 15) is 4.79 Å². The van der Waals surface area contributed by atoms with Crippen LogP contribution in [-0.2, 0) is 11.2 Å². The van der Waals surface area contributed by atoms with Gasteiger partial charge in [0.2, 0.25) is 11.1 Å². The van der Waals surface area contributed by atoms with Crippen molar-refractivity contribution in [3.05, 3.63) is 34.1 Å². The van der Waals surface area contributed by atoms with Crippen LogP contribution in [0.2, 0.25) is 10.0 Å². The maximum Gasteiger partial charge on any atom is 0.234 e. The number of halogens is 2. The van der Waals surface area contributed by atoms with Gasteiger partial charge in [-0.1, -0.05) is 48.3 Å². The molecule has 0 saturated heterocycles. The normalized spacial score (nSPS) is 10.7. The average Bonchev–Trinajstić information content (AvgIpc) is 2.82. The summed E-state index contributed by atoms with van der Waals surface area (Å²) in [7, 11) is 0. The average molecular weight is 374 g/mol. The van der Waals surface area contributed by atoms with Gasteiger partial charge in [0.05, 0.1) is 5.75 Å². The van der Waals surface area contributed by atoms with Gasteiger partial charge in [0, 0.05) is 22.2 Å². The van der Waals surface area contributed by atoms with Crippen LogP contribution in [-0.4, -0.2) is 26.5 Å². The number of rotatable bonds is 7. The number of nitrogens with zero attached hydrogens (tertiary/aromatic N) is 3. The number of thioether (sulfide) groups is 1. The molecule has 0 unspecified atom stereocenters. The maximum atomic E-state index is 12.0. The van der Waals surface area contributed by atoms with Crippen LogP contribution in [0.25, 0.3) is 0 Å². The molecule has 9 heteroatoms. The highest BCUT2D eigenvalue weighted by atomic mass is 35.5. The molecule has 1 aromatic heterocycles. The Kier molecular flexibility index (Phi) is 6.56. The zero-order valence-electron chi connectivity index (χ0n) is 12.6. The number of anilines is 1. The standard InChI is InChI=1S/C14H17Cl2N5OS/c1-2-3-4-12-19-20-14(21(12)17)23-8-13(22)18-11-6-9(15)5-10(16)7-11/h5-7H,2-4,8,17H2,1H3,(H,18,22). The van der Waals surface area contributed by atoms with Crippen molar-refractivity contribution in [3.63, 3.8) is 0 Å². The molecule has 2 rings (SSSR count). The van der Waals surface area contributed by atoms with E-state index >= 15 is 0 Å². The summed E-state index contributed by atoms with van der Waals surface area (Å²) in [4.78, 5) is 12.0. The predicted octanol–water partition coefficient (Wildman–Crippen LogP) is 3.37. The Bertz CT molecular complexity index is 672. The summed E-state index contributed by atoms with van der Waals surface area (Å²) in [5, 5.41) is 12.2. The molecule has 124 valence electrons. The smallest absolute Gasteiger partial charge is 0.234 e. The van der Waals surface area contributed by atoms with Gasteiger partial charge in [-0.05, 0) is 24.6 Å². The molecule has 0 radical (unpaired) electrons. The van der Waals surface area contributed by atoms with Crippen LogP contribution >= 0.6 is 35.0 Å². The second-order valence-electron chi connectivity index (χ2n) is 4.87. The van der Waals surface area contributed by atoms with Gasteiger partial charge in [0.1, 0.15) is 0 Å². The number of amides is 1. The van der Waals surface area contributed by atoms with Crippen LogP contribution in [0.5, 0.6) is 0 Å². The van der Waals surface area contributed by atoms with Crippen molar-refractivity contribution in [1.29, 1.82) is 0 Å². The lowest BCUT2D eigenvalue weighted by Gasteiger charge is -2.06. The van der Waals surface area contributed by atoms with Crippen LogP contribution in [0.3, 0.4) is 0 Å². The van der Waals surface area contributed by atoms with E-state index < -0.39 is 0 Å². The number of carbonyl (C=O) groups is 1. The minimum absolute atomic E-state index is 0.160. The van der Waals surface area contributed by atoms with Crippen LogP contribution in [0, 0.1) is 0 Å². The van der Waals surface area contributed by atoms with Crippen LogP contribution in [0.1, 0.15) is 25.6 Å². The van der Waals surface area contributed by atoms with Gasteiger partial charge in [-0.3, -0.25) is 4.79 Å². The first-order valence-electron chi connectivity index (χ1n) is 7.07. The third-order valence-electron chi connectivity index (χ3n) is 2.97. The molecule has 1 heterocycles. The Balaban J connectivity index is 1.90. The third-order valence-corrected chi connectivity index (χ3v) is 4.35. The molecular formula is C14H17Cl2N5OS. The molecule has 0 spiro atoms. The fourth-order valence-electron chi connectivity index (χ4n) is 1.86. The highest BCUT2D eigenvalue weighted by molar-refractivity contribution is 7.99. The van der Waals surface area contributed by atoms with Gasteiger partial charge >= 0.3 is 0 Å². The molecule has 23 heavy (non-hydrogen) atoms. The molecule has 0 fully saturated rings. The molecule has 2 aromatic rings. The summed E-state index contributed by atoms with van der Waals surface area (Å²) in [6.07, 6.45) is 2.82. The molecule has 1 aromatic carbocycles. The second-order valence-corrected chi connectivity index (χ2v) is 6.68. The van der Waals surface area contributed by atoms with Crippen molar-refractivity contribution < 1.29 is 4.79 Å². The Morgan fingerprint density at radius 1 is 1.30 bits per heavy atom. The number of aryl methyl sites for hydroxylation is 1. The minimum atomic E-state index is -0.202. The zero-order valence-corrected chi connectivity index (χ0v) is 14.9. The fraction of sp³-hybridized carbons (Fsp3) is 0.357. The van der Waals surface area contributed by atoms with Gasteiger partial charge in [0.15, 0.2) is 5.82 Å². The van der Waals surface area contributed by atoms with E-state index in [1.807, 2.05) is 0 Å². The van der Waals surface area contributed by atoms with Gasteiger partial charge in [-0.2, -0.15) is 0 Å². The van der Waals surface area contributed by atoms with Crippen molar-refractivity contribution in [1.82, 2.24) is 14.9 Å². The van der Waals surface area contributed by atoms with E-state index in [-0.39, 0.29) is 11.7 Å². The zero-order chi connectivity index (χ0) is 16.8. The Labute approximate surface area is 148 Å². The second kappa shape index (κ2) is 8.42. The Morgan fingerprint density at radius 2 is 2.00 bits per heavy atom. The number of aromatic nitrogens is 3. The van der Waals surface area contributed by atoms with Gasteiger partial charge in [0.25, 0.3) is 0 Å². The van der Waals surface area contributed by atoms with Gasteiger partial charge in [-0.25, -0.2) is 4.68 Å². The van der Waals surface area contributed by atoms with Gasteiger partial charge in [-0.15, -0.1) is 10.2 Å². The quantitative estimate of drug-likeness (QED) is 0.573. The highest BCUT2D eigenvalue weighted by Crippen LogP contribution is 2.23. The molecule has 1 amide bonds. The van der Waals surface area contributed by atoms with Crippen molar-refractivity contribution >= 4 is 46.6 Å². The molecule has 3 N–H and O–H groups in total. The molecule has 0 aliphatic carbocycles. The topological polar surface area (TPSA) is 85.8 Å². The number of nitrogens with two attached hydrogens (primary N) is 1. The van der Waals surface area contributed by atoms with E-state index in [2.05, 4.69) is 22.4 Å². The summed E-state index contributed by atoms with van der Waals surface area (Å²) in [5.74, 6) is 6.60. The van der Waals surface area contributed by atoms with E-state index in [4.69, 9.17) is 29.0 Å². The van der Waals surface area contributed by atoms with Crippen LogP contribution in [0.4, 0.5) is 5.69 Å². The first-order valence-corrected chi connectivity index (χ1v) is 8.82. The summed E-state index contributed by atoms with van der Waals surface area (Å²) in [6.45, 7) is 2.10. The molecule has 6 nitrogen and oxygen atoms in total. The monoisotopic (exact) mass is 373 g/mol. The van der Waals surface area contributed by atoms with E-state index in [1.165, 1.54) is 16.4 Å². The van der Waals surface area contributed by atoms with Crippen molar-refractivity contribution in [2.24, 2.45) is 0 Å². The Morgan fingerprint density at radius 3 is 2.65 bits per heavy atom. The number of carbonyl (C=O) groups excluding carboxylic acids is 1. The summed E-state index contributed by atoms with van der Waals surface area (Å²) < 4.78 is 1.43. The van der Waals surface area contributed by atoms with E-state index in [0.717, 1.165) is 25.1 Å². The number of hydrogen-bond acceptors (Lipinski definition) is 5. The molecule has 0 bridgehead atoms. The summed E-state index contributed by atoms with van der Waals surface area (Å²) >= 11 is 13.0. The molecule has 0 aliphatic rings. The molecule has 0 atom stereocenters. The molecular weight excluding hydrogens is 357 g/mol. The SMILES string of the molecule is CCCCc1nnc(SCC(=O)Nc2cc(Cl)cc(Cl)c2)n1N. The lowest BCUT2D eigenvalue weighted by molar-refractivity contribution is -0.113. The van der Waals surface area contributed by atoms with Crippen LogP contribution < -0.4 is 11.2 Å². The summed E-state index contributed by atoms with van der Waals surface area (Å²) in [6, 6.07) is 4.86. The number of nitrogens with one attached hydrogen (secondary N) is 1. The minimum Gasteiger partial charge on any atom is -0.336 e. The third kappa shape index (κ3) is 5.30.